The van der Waals surface area contributed by atoms with Crippen molar-refractivity contribution in [2.24, 2.45) is 0 Å². The van der Waals surface area contributed by atoms with Crippen LogP contribution in [0.2, 0.25) is 10.0 Å². The fourth-order valence-corrected chi connectivity index (χ4v) is 4.59. The lowest BCUT2D eigenvalue weighted by Gasteiger charge is -2.36. The summed E-state index contributed by atoms with van der Waals surface area (Å²) in [6.45, 7) is 4.05. The molecule has 27 heavy (non-hydrogen) atoms. The van der Waals surface area contributed by atoms with Gasteiger partial charge in [0.25, 0.3) is 0 Å². The minimum absolute atomic E-state index is 0.116. The second-order valence-electron chi connectivity index (χ2n) is 7.39. The van der Waals surface area contributed by atoms with Crippen molar-refractivity contribution in [3.05, 3.63) is 28.2 Å². The lowest BCUT2D eigenvalue weighted by Crippen LogP contribution is -2.50. The van der Waals surface area contributed by atoms with Gasteiger partial charge in [0.2, 0.25) is 11.8 Å². The molecule has 2 aliphatic rings. The third-order valence-corrected chi connectivity index (χ3v) is 6.16. The summed E-state index contributed by atoms with van der Waals surface area (Å²) in [6.07, 6.45) is 6.00. The average molecular weight is 412 g/mol. The number of anilines is 1. The molecule has 0 aromatic heterocycles. The van der Waals surface area contributed by atoms with Gasteiger partial charge in [0.15, 0.2) is 0 Å². The zero-order chi connectivity index (χ0) is 19.4. The van der Waals surface area contributed by atoms with Crippen LogP contribution in [0.1, 0.15) is 45.4 Å². The van der Waals surface area contributed by atoms with Crippen LogP contribution < -0.4 is 5.32 Å². The van der Waals surface area contributed by atoms with Crippen molar-refractivity contribution in [2.75, 3.05) is 25.0 Å². The summed E-state index contributed by atoms with van der Waals surface area (Å²) in [4.78, 5) is 29.7. The number of benzene rings is 1. The van der Waals surface area contributed by atoms with Crippen LogP contribution in [-0.2, 0) is 9.59 Å². The summed E-state index contributed by atoms with van der Waals surface area (Å²) in [6, 6.07) is 5.04. The molecular formula is C20H27Cl2N3O2. The first-order chi connectivity index (χ1) is 13.0. The Morgan fingerprint density at radius 1 is 1.15 bits per heavy atom. The maximum atomic E-state index is 12.9. The molecule has 2 aliphatic heterocycles. The smallest absolute Gasteiger partial charge is 0.241 e. The van der Waals surface area contributed by atoms with E-state index < -0.39 is 0 Å². The van der Waals surface area contributed by atoms with Crippen molar-refractivity contribution in [1.82, 2.24) is 9.80 Å². The normalized spacial score (nSPS) is 23.4. The lowest BCUT2D eigenvalue weighted by molar-refractivity contribution is -0.137. The van der Waals surface area contributed by atoms with E-state index >= 15 is 0 Å². The van der Waals surface area contributed by atoms with Crippen LogP contribution in [0.5, 0.6) is 0 Å². The standard InChI is InChI=1S/C20H27Cl2N3O2/c1-2-15-6-3-4-11-25(15)19(26)13-24-10-5-7-18(24)20(27)23-17-9-8-14(21)12-16(17)22/h8-9,12,15,18H,2-7,10-11,13H2,1H3,(H,23,27). The summed E-state index contributed by atoms with van der Waals surface area (Å²) in [5.74, 6) is 0.0287. The van der Waals surface area contributed by atoms with Gasteiger partial charge >= 0.3 is 0 Å². The number of hydrogen-bond acceptors (Lipinski definition) is 3. The first kappa shape index (κ1) is 20.4. The van der Waals surface area contributed by atoms with Gasteiger partial charge in [-0.15, -0.1) is 0 Å². The van der Waals surface area contributed by atoms with Gasteiger partial charge in [-0.2, -0.15) is 0 Å². The van der Waals surface area contributed by atoms with Crippen LogP contribution in [0.15, 0.2) is 18.2 Å². The fourth-order valence-electron chi connectivity index (χ4n) is 4.14. The molecule has 0 radical (unpaired) electrons. The van der Waals surface area contributed by atoms with Crippen molar-refractivity contribution in [1.29, 1.82) is 0 Å². The van der Waals surface area contributed by atoms with E-state index in [4.69, 9.17) is 23.2 Å². The Morgan fingerprint density at radius 3 is 2.70 bits per heavy atom. The number of halogens is 2. The first-order valence-electron chi connectivity index (χ1n) is 9.79. The molecule has 0 spiro atoms. The molecule has 148 valence electrons. The van der Waals surface area contributed by atoms with Crippen molar-refractivity contribution in [3.63, 3.8) is 0 Å². The van der Waals surface area contributed by atoms with Gasteiger partial charge in [-0.25, -0.2) is 0 Å². The highest BCUT2D eigenvalue weighted by atomic mass is 35.5. The predicted octanol–water partition coefficient (Wildman–Crippen LogP) is 4.19. The molecular weight excluding hydrogens is 385 g/mol. The molecule has 2 saturated heterocycles. The van der Waals surface area contributed by atoms with Gasteiger partial charge < -0.3 is 10.2 Å². The molecule has 7 heteroatoms. The SMILES string of the molecule is CCC1CCCCN1C(=O)CN1CCCC1C(=O)Nc1ccc(Cl)cc1Cl. The van der Waals surface area contributed by atoms with Crippen LogP contribution >= 0.6 is 23.2 Å². The molecule has 0 saturated carbocycles. The van der Waals surface area contributed by atoms with Gasteiger partial charge in [0, 0.05) is 17.6 Å². The zero-order valence-corrected chi connectivity index (χ0v) is 17.2. The van der Waals surface area contributed by atoms with Crippen LogP contribution in [0, 0.1) is 0 Å². The van der Waals surface area contributed by atoms with E-state index in [1.54, 1.807) is 18.2 Å². The highest BCUT2D eigenvalue weighted by molar-refractivity contribution is 6.36. The second kappa shape index (κ2) is 9.26. The minimum Gasteiger partial charge on any atom is -0.339 e. The van der Waals surface area contributed by atoms with E-state index in [0.717, 1.165) is 45.2 Å². The quantitative estimate of drug-likeness (QED) is 0.789. The predicted molar refractivity (Wildman–Crippen MR) is 109 cm³/mol. The monoisotopic (exact) mass is 411 g/mol. The largest absolute Gasteiger partial charge is 0.339 e. The Labute approximate surface area is 171 Å². The number of carbonyl (C=O) groups is 2. The lowest BCUT2D eigenvalue weighted by atomic mass is 10.00. The molecule has 0 bridgehead atoms. The van der Waals surface area contributed by atoms with Crippen molar-refractivity contribution >= 4 is 40.7 Å². The number of rotatable bonds is 5. The van der Waals surface area contributed by atoms with Crippen molar-refractivity contribution < 1.29 is 9.59 Å². The summed E-state index contributed by atoms with van der Waals surface area (Å²) in [5, 5.41) is 3.82. The highest BCUT2D eigenvalue weighted by Crippen LogP contribution is 2.27. The average Bonchev–Trinajstić information content (AvgIpc) is 3.12. The number of likely N-dealkylation sites (tertiary alicyclic amines) is 2. The van der Waals surface area contributed by atoms with E-state index in [0.29, 0.717) is 28.3 Å². The molecule has 1 N–H and O–H groups in total. The van der Waals surface area contributed by atoms with Gasteiger partial charge in [-0.3, -0.25) is 14.5 Å². The van der Waals surface area contributed by atoms with Gasteiger partial charge in [0.05, 0.1) is 23.3 Å². The molecule has 5 nitrogen and oxygen atoms in total. The van der Waals surface area contributed by atoms with Crippen molar-refractivity contribution in [3.8, 4) is 0 Å². The molecule has 1 aromatic carbocycles. The summed E-state index contributed by atoms with van der Waals surface area (Å²) in [7, 11) is 0. The second-order valence-corrected chi connectivity index (χ2v) is 8.23. The summed E-state index contributed by atoms with van der Waals surface area (Å²) < 4.78 is 0. The number of piperidine rings is 1. The highest BCUT2D eigenvalue weighted by Gasteiger charge is 2.34. The number of amides is 2. The van der Waals surface area contributed by atoms with Gasteiger partial charge in [-0.1, -0.05) is 30.1 Å². The Hall–Kier alpha value is -1.30. The Kier molecular flexibility index (Phi) is 7.01. The van der Waals surface area contributed by atoms with E-state index in [-0.39, 0.29) is 17.9 Å². The molecule has 2 amide bonds. The van der Waals surface area contributed by atoms with E-state index in [2.05, 4.69) is 12.2 Å². The molecule has 0 aliphatic carbocycles. The third kappa shape index (κ3) is 4.95. The van der Waals surface area contributed by atoms with Crippen LogP contribution in [0.25, 0.3) is 0 Å². The van der Waals surface area contributed by atoms with Crippen LogP contribution in [-0.4, -0.2) is 53.3 Å². The maximum absolute atomic E-state index is 12.9. The number of nitrogens with zero attached hydrogens (tertiary/aromatic N) is 2. The molecule has 1 aromatic rings. The van der Waals surface area contributed by atoms with Crippen LogP contribution in [0.4, 0.5) is 5.69 Å². The fraction of sp³-hybridized carbons (Fsp3) is 0.600. The molecule has 3 rings (SSSR count). The maximum Gasteiger partial charge on any atom is 0.241 e. The zero-order valence-electron chi connectivity index (χ0n) is 15.7. The summed E-state index contributed by atoms with van der Waals surface area (Å²) >= 11 is 12.1. The van der Waals surface area contributed by atoms with E-state index in [9.17, 15) is 9.59 Å². The Morgan fingerprint density at radius 2 is 1.96 bits per heavy atom. The van der Waals surface area contributed by atoms with E-state index in [1.807, 2.05) is 9.80 Å². The van der Waals surface area contributed by atoms with Crippen LogP contribution in [0.3, 0.4) is 0 Å². The topological polar surface area (TPSA) is 52.7 Å². The molecule has 2 unspecified atom stereocenters. The number of carbonyl (C=O) groups excluding carboxylic acids is 2. The third-order valence-electron chi connectivity index (χ3n) is 5.61. The number of nitrogens with one attached hydrogen (secondary N) is 1. The van der Waals surface area contributed by atoms with Gasteiger partial charge in [0.1, 0.15) is 0 Å². The van der Waals surface area contributed by atoms with E-state index in [1.165, 1.54) is 6.42 Å². The first-order valence-corrected chi connectivity index (χ1v) is 10.5. The minimum atomic E-state index is -0.300. The summed E-state index contributed by atoms with van der Waals surface area (Å²) in [5.41, 5.74) is 0.548. The molecule has 2 heterocycles. The van der Waals surface area contributed by atoms with Crippen molar-refractivity contribution in [2.45, 2.75) is 57.5 Å². The number of hydrogen-bond donors (Lipinski definition) is 1. The molecule has 2 atom stereocenters. The Bertz CT molecular complexity index is 698. The molecule has 2 fully saturated rings. The Balaban J connectivity index is 1.62. The van der Waals surface area contributed by atoms with Gasteiger partial charge in [-0.05, 0) is 63.3 Å².